The Bertz CT molecular complexity index is 1120. The van der Waals surface area contributed by atoms with Crippen molar-refractivity contribution >= 4 is 41.4 Å². The van der Waals surface area contributed by atoms with Crippen LogP contribution in [-0.4, -0.2) is 35.4 Å². The Hall–Kier alpha value is -3.06. The van der Waals surface area contributed by atoms with Crippen molar-refractivity contribution < 1.29 is 0 Å². The van der Waals surface area contributed by atoms with Crippen LogP contribution in [0.4, 0.5) is 11.5 Å². The summed E-state index contributed by atoms with van der Waals surface area (Å²) in [6.45, 7) is 4.47. The standard InChI is InChI=1S/C24H27N7.HI/c1-2-27-24(30-16-14-18-9-6-7-13-22(18)30)28-15-8-12-21-20(17-25)23(26)31(29-21)19-10-4-3-5-11-19;/h3-7,9-11,13H,2,8,12,14-16,26H2,1H3,(H,27,28);1H. The number of nitrogen functional groups attached to an aromatic ring is 1. The number of aliphatic imine (C=N–C) groups is 1. The molecule has 8 heteroatoms. The molecule has 1 aliphatic heterocycles. The highest BCUT2D eigenvalue weighted by atomic mass is 127. The highest BCUT2D eigenvalue weighted by Crippen LogP contribution is 2.27. The number of aromatic nitrogens is 2. The lowest BCUT2D eigenvalue weighted by Crippen LogP contribution is -2.40. The molecule has 0 fully saturated rings. The average Bonchev–Trinajstić information content (AvgIpc) is 3.37. The van der Waals surface area contributed by atoms with Gasteiger partial charge in [-0.15, -0.1) is 24.0 Å². The van der Waals surface area contributed by atoms with Gasteiger partial charge in [0, 0.05) is 25.3 Å². The number of guanidine groups is 1. The fourth-order valence-electron chi connectivity index (χ4n) is 3.93. The zero-order valence-electron chi connectivity index (χ0n) is 18.2. The molecule has 0 atom stereocenters. The maximum absolute atomic E-state index is 9.58. The van der Waals surface area contributed by atoms with Gasteiger partial charge in [-0.1, -0.05) is 36.4 Å². The maximum atomic E-state index is 9.58. The summed E-state index contributed by atoms with van der Waals surface area (Å²) in [5, 5.41) is 17.6. The van der Waals surface area contributed by atoms with Crippen molar-refractivity contribution in [2.45, 2.75) is 26.2 Å². The number of para-hydroxylation sites is 2. The number of benzene rings is 2. The predicted molar refractivity (Wildman–Crippen MR) is 140 cm³/mol. The Morgan fingerprint density at radius 2 is 1.94 bits per heavy atom. The van der Waals surface area contributed by atoms with Crippen molar-refractivity contribution in [2.75, 3.05) is 30.3 Å². The lowest BCUT2D eigenvalue weighted by atomic mass is 10.1. The number of nitriles is 1. The summed E-state index contributed by atoms with van der Waals surface area (Å²) < 4.78 is 1.64. The summed E-state index contributed by atoms with van der Waals surface area (Å²) in [7, 11) is 0. The number of hydrogen-bond acceptors (Lipinski definition) is 4. The summed E-state index contributed by atoms with van der Waals surface area (Å²) in [6.07, 6.45) is 2.46. The van der Waals surface area contributed by atoms with E-state index in [0.29, 0.717) is 24.3 Å². The first-order chi connectivity index (χ1) is 15.2. The molecule has 0 bridgehead atoms. The van der Waals surface area contributed by atoms with E-state index in [0.717, 1.165) is 43.3 Å². The highest BCUT2D eigenvalue weighted by Gasteiger charge is 2.22. The molecule has 0 spiro atoms. The lowest BCUT2D eigenvalue weighted by molar-refractivity contribution is 0.769. The van der Waals surface area contributed by atoms with Crippen molar-refractivity contribution in [2.24, 2.45) is 4.99 Å². The van der Waals surface area contributed by atoms with E-state index in [1.54, 1.807) is 4.68 Å². The van der Waals surface area contributed by atoms with Gasteiger partial charge in [0.1, 0.15) is 17.5 Å². The van der Waals surface area contributed by atoms with E-state index in [1.807, 2.05) is 30.3 Å². The van der Waals surface area contributed by atoms with Gasteiger partial charge in [0.05, 0.1) is 11.4 Å². The summed E-state index contributed by atoms with van der Waals surface area (Å²) in [5.74, 6) is 1.29. The van der Waals surface area contributed by atoms with Gasteiger partial charge in [-0.25, -0.2) is 4.68 Å². The molecule has 3 aromatic rings. The van der Waals surface area contributed by atoms with E-state index in [4.69, 9.17) is 10.7 Å². The van der Waals surface area contributed by atoms with Crippen LogP contribution < -0.4 is 16.0 Å². The second-order valence-corrected chi connectivity index (χ2v) is 7.44. The molecule has 32 heavy (non-hydrogen) atoms. The minimum Gasteiger partial charge on any atom is -0.382 e. The van der Waals surface area contributed by atoms with Crippen molar-refractivity contribution in [3.63, 3.8) is 0 Å². The monoisotopic (exact) mass is 541 g/mol. The van der Waals surface area contributed by atoms with Crippen molar-refractivity contribution in [3.05, 3.63) is 71.4 Å². The first-order valence-electron chi connectivity index (χ1n) is 10.7. The van der Waals surface area contributed by atoms with Crippen LogP contribution in [0.3, 0.4) is 0 Å². The number of nitrogens with zero attached hydrogens (tertiary/aromatic N) is 5. The van der Waals surface area contributed by atoms with Crippen LogP contribution >= 0.6 is 24.0 Å². The van der Waals surface area contributed by atoms with E-state index < -0.39 is 0 Å². The minimum absolute atomic E-state index is 0. The van der Waals surface area contributed by atoms with Crippen LogP contribution in [0.15, 0.2) is 59.6 Å². The van der Waals surface area contributed by atoms with E-state index >= 15 is 0 Å². The van der Waals surface area contributed by atoms with E-state index in [2.05, 4.69) is 52.6 Å². The molecule has 1 aliphatic rings. The third-order valence-electron chi connectivity index (χ3n) is 5.42. The number of nitrogens with two attached hydrogens (primary N) is 1. The van der Waals surface area contributed by atoms with Crippen LogP contribution in [0.5, 0.6) is 0 Å². The van der Waals surface area contributed by atoms with Gasteiger partial charge in [0.15, 0.2) is 5.96 Å². The Kier molecular flexibility index (Phi) is 8.11. The van der Waals surface area contributed by atoms with Gasteiger partial charge < -0.3 is 16.0 Å². The van der Waals surface area contributed by atoms with Crippen molar-refractivity contribution in [1.29, 1.82) is 5.26 Å². The number of rotatable bonds is 6. The number of hydrogen-bond donors (Lipinski definition) is 2. The van der Waals surface area contributed by atoms with Crippen LogP contribution in [-0.2, 0) is 12.8 Å². The molecule has 1 aromatic heterocycles. The summed E-state index contributed by atoms with van der Waals surface area (Å²) in [4.78, 5) is 7.09. The Labute approximate surface area is 206 Å². The molecule has 7 nitrogen and oxygen atoms in total. The summed E-state index contributed by atoms with van der Waals surface area (Å²) >= 11 is 0. The molecule has 3 N–H and O–H groups in total. The SMILES string of the molecule is CCNC(=NCCCc1nn(-c2ccccc2)c(N)c1C#N)N1CCc2ccccc21.I. The molecular weight excluding hydrogens is 513 g/mol. The number of aryl methyl sites for hydroxylation is 1. The predicted octanol–water partition coefficient (Wildman–Crippen LogP) is 3.90. The molecule has 0 radical (unpaired) electrons. The van der Waals surface area contributed by atoms with Gasteiger partial charge in [-0.05, 0) is 49.9 Å². The highest BCUT2D eigenvalue weighted by molar-refractivity contribution is 14.0. The van der Waals surface area contributed by atoms with Crippen LogP contribution in [0.1, 0.15) is 30.2 Å². The van der Waals surface area contributed by atoms with Gasteiger partial charge >= 0.3 is 0 Å². The van der Waals surface area contributed by atoms with Crippen LogP contribution in [0.25, 0.3) is 5.69 Å². The van der Waals surface area contributed by atoms with E-state index in [9.17, 15) is 5.26 Å². The van der Waals surface area contributed by atoms with Crippen LogP contribution in [0, 0.1) is 11.3 Å². The van der Waals surface area contributed by atoms with E-state index in [1.165, 1.54) is 11.3 Å². The van der Waals surface area contributed by atoms with Gasteiger partial charge in [0.2, 0.25) is 0 Å². The molecule has 2 aromatic carbocycles. The number of anilines is 2. The molecule has 166 valence electrons. The third kappa shape index (κ3) is 4.88. The molecule has 0 unspecified atom stereocenters. The maximum Gasteiger partial charge on any atom is 0.198 e. The second-order valence-electron chi connectivity index (χ2n) is 7.44. The average molecular weight is 541 g/mol. The van der Waals surface area contributed by atoms with Gasteiger partial charge in [-0.3, -0.25) is 4.99 Å². The Morgan fingerprint density at radius 3 is 2.69 bits per heavy atom. The largest absolute Gasteiger partial charge is 0.382 e. The Balaban J connectivity index is 0.00000289. The first-order valence-corrected chi connectivity index (χ1v) is 10.7. The third-order valence-corrected chi connectivity index (χ3v) is 5.42. The number of fused-ring (bicyclic) bond motifs is 1. The Morgan fingerprint density at radius 1 is 1.19 bits per heavy atom. The number of halogens is 1. The minimum atomic E-state index is 0. The zero-order chi connectivity index (χ0) is 21.6. The summed E-state index contributed by atoms with van der Waals surface area (Å²) in [5.41, 5.74) is 10.8. The van der Waals surface area contributed by atoms with E-state index in [-0.39, 0.29) is 24.0 Å². The normalized spacial score (nSPS) is 12.8. The van der Waals surface area contributed by atoms with Crippen LogP contribution in [0.2, 0.25) is 0 Å². The molecule has 0 saturated carbocycles. The second kappa shape index (κ2) is 11.0. The lowest BCUT2D eigenvalue weighted by Gasteiger charge is -2.22. The van der Waals surface area contributed by atoms with Crippen molar-refractivity contribution in [3.8, 4) is 11.8 Å². The molecule has 2 heterocycles. The zero-order valence-corrected chi connectivity index (χ0v) is 20.5. The quantitative estimate of drug-likeness (QED) is 0.214. The molecule has 4 rings (SSSR count). The first kappa shape index (κ1) is 23.6. The number of nitrogens with one attached hydrogen (secondary N) is 1. The molecule has 0 amide bonds. The topological polar surface area (TPSA) is 95.3 Å². The van der Waals surface area contributed by atoms with Gasteiger partial charge in [0.25, 0.3) is 0 Å². The fraction of sp³-hybridized carbons (Fsp3) is 0.292. The summed E-state index contributed by atoms with van der Waals surface area (Å²) in [6, 6.07) is 20.3. The smallest absolute Gasteiger partial charge is 0.198 e. The molecule has 0 aliphatic carbocycles. The molecular formula is C24H28IN7. The van der Waals surface area contributed by atoms with Gasteiger partial charge in [-0.2, -0.15) is 10.4 Å². The van der Waals surface area contributed by atoms with Crippen molar-refractivity contribution in [1.82, 2.24) is 15.1 Å². The molecule has 0 saturated heterocycles. The fourth-order valence-corrected chi connectivity index (χ4v) is 3.93.